The Morgan fingerprint density at radius 2 is 1.86 bits per heavy atom. The zero-order valence-electron chi connectivity index (χ0n) is 15.7. The number of anilines is 3. The number of nitrogens with two attached hydrogens (primary N) is 1. The van der Waals surface area contributed by atoms with Gasteiger partial charge in [0, 0.05) is 12.2 Å². The van der Waals surface area contributed by atoms with Crippen LogP contribution in [0.1, 0.15) is 11.1 Å². The van der Waals surface area contributed by atoms with E-state index in [0.29, 0.717) is 24.2 Å². The third-order valence-electron chi connectivity index (χ3n) is 4.13. The number of nitrogens with zero attached hydrogens (tertiary/aromatic N) is 2. The van der Waals surface area contributed by atoms with Crippen LogP contribution in [0.3, 0.4) is 0 Å². The van der Waals surface area contributed by atoms with Crippen LogP contribution in [0.15, 0.2) is 54.9 Å². The molecule has 2 amide bonds. The summed E-state index contributed by atoms with van der Waals surface area (Å²) in [6, 6.07) is 11.3. The Labute approximate surface area is 169 Å². The van der Waals surface area contributed by atoms with Gasteiger partial charge in [-0.3, -0.25) is 5.32 Å². The van der Waals surface area contributed by atoms with Gasteiger partial charge >= 0.3 is 6.03 Å². The summed E-state index contributed by atoms with van der Waals surface area (Å²) < 4.78 is 12.9. The zero-order valence-corrected chi connectivity index (χ0v) is 15.7. The minimum Gasteiger partial charge on any atom is -0.382 e. The number of amides is 2. The predicted molar refractivity (Wildman–Crippen MR) is 113 cm³/mol. The Bertz CT molecular complexity index is 966. The fourth-order valence-corrected chi connectivity index (χ4v) is 2.64. The summed E-state index contributed by atoms with van der Waals surface area (Å²) in [7, 11) is 6.10. The lowest BCUT2D eigenvalue weighted by atomic mass is 9.88. The summed E-state index contributed by atoms with van der Waals surface area (Å²) in [6.45, 7) is 1.36. The standard InChI is InChI=1S/C20H20BFN6O/c21-17-9-16(27-20(29)28-19-12-25-18(23)11-26-19)6-3-14(17)7-8-24-10-13-1-4-15(22)5-2-13/h1-6,9,11-12,24H,7-8,10H2,(H2,23,25)(H2,26,27,28,29). The van der Waals surface area contributed by atoms with Crippen molar-refractivity contribution in [1.82, 2.24) is 15.3 Å². The molecule has 0 unspecified atom stereocenters. The molecule has 2 radical (unpaired) electrons. The highest BCUT2D eigenvalue weighted by Gasteiger charge is 2.06. The second kappa shape index (κ2) is 9.65. The van der Waals surface area contributed by atoms with E-state index in [0.717, 1.165) is 17.5 Å². The van der Waals surface area contributed by atoms with Crippen LogP contribution in [0.2, 0.25) is 0 Å². The highest BCUT2D eigenvalue weighted by atomic mass is 19.1. The van der Waals surface area contributed by atoms with Crippen molar-refractivity contribution in [2.24, 2.45) is 0 Å². The number of aromatic nitrogens is 2. The Kier molecular flexibility index (Phi) is 6.75. The lowest BCUT2D eigenvalue weighted by molar-refractivity contribution is 0.262. The molecule has 2 aromatic carbocycles. The van der Waals surface area contributed by atoms with E-state index in [9.17, 15) is 9.18 Å². The first-order valence-corrected chi connectivity index (χ1v) is 8.99. The van der Waals surface area contributed by atoms with Crippen molar-refractivity contribution in [2.45, 2.75) is 13.0 Å². The molecule has 3 rings (SSSR count). The topological polar surface area (TPSA) is 105 Å². The van der Waals surface area contributed by atoms with Crippen molar-refractivity contribution < 1.29 is 9.18 Å². The SMILES string of the molecule is [B]c1cc(NC(=O)Nc2cnc(N)cn2)ccc1CCNCc1ccc(F)cc1. The molecular weight excluding hydrogens is 370 g/mol. The molecule has 0 saturated heterocycles. The smallest absolute Gasteiger partial charge is 0.324 e. The van der Waals surface area contributed by atoms with Crippen molar-refractivity contribution >= 4 is 36.7 Å². The molecular formula is C20H20BFN6O. The average Bonchev–Trinajstić information content (AvgIpc) is 2.70. The van der Waals surface area contributed by atoms with Crippen LogP contribution >= 0.6 is 0 Å². The summed E-state index contributed by atoms with van der Waals surface area (Å²) in [5.41, 5.74) is 8.57. The van der Waals surface area contributed by atoms with Crippen LogP contribution in [0.5, 0.6) is 0 Å². The first-order valence-electron chi connectivity index (χ1n) is 8.99. The van der Waals surface area contributed by atoms with Crippen LogP contribution in [0, 0.1) is 5.82 Å². The molecule has 0 spiro atoms. The molecule has 1 heterocycles. The van der Waals surface area contributed by atoms with E-state index in [1.807, 2.05) is 6.07 Å². The molecule has 0 saturated carbocycles. The quantitative estimate of drug-likeness (QED) is 0.365. The van der Waals surface area contributed by atoms with Gasteiger partial charge in [0.2, 0.25) is 0 Å². The molecule has 3 aromatic rings. The van der Waals surface area contributed by atoms with Crippen LogP contribution in [-0.4, -0.2) is 30.4 Å². The van der Waals surface area contributed by atoms with Gasteiger partial charge in [-0.25, -0.2) is 19.2 Å². The summed E-state index contributed by atoms with van der Waals surface area (Å²) in [4.78, 5) is 19.8. The lowest BCUT2D eigenvalue weighted by Gasteiger charge is -2.11. The van der Waals surface area contributed by atoms with Crippen molar-refractivity contribution in [1.29, 1.82) is 0 Å². The van der Waals surface area contributed by atoms with E-state index >= 15 is 0 Å². The van der Waals surface area contributed by atoms with Crippen LogP contribution in [0.25, 0.3) is 0 Å². The van der Waals surface area contributed by atoms with Crippen LogP contribution < -0.4 is 27.1 Å². The molecule has 146 valence electrons. The van der Waals surface area contributed by atoms with Gasteiger partial charge in [-0.05, 0) is 42.8 Å². The third-order valence-corrected chi connectivity index (χ3v) is 4.13. The molecule has 9 heteroatoms. The minimum atomic E-state index is -0.461. The molecule has 5 N–H and O–H groups in total. The van der Waals surface area contributed by atoms with Gasteiger partial charge in [-0.2, -0.15) is 0 Å². The number of nitrogens with one attached hydrogen (secondary N) is 3. The second-order valence-electron chi connectivity index (χ2n) is 6.37. The van der Waals surface area contributed by atoms with E-state index in [1.54, 1.807) is 24.3 Å². The highest BCUT2D eigenvalue weighted by molar-refractivity contribution is 6.33. The van der Waals surface area contributed by atoms with Gasteiger partial charge < -0.3 is 16.4 Å². The minimum absolute atomic E-state index is 0.245. The van der Waals surface area contributed by atoms with Crippen molar-refractivity contribution in [3.8, 4) is 0 Å². The number of urea groups is 1. The Hall–Kier alpha value is -3.46. The van der Waals surface area contributed by atoms with Crippen molar-refractivity contribution in [3.63, 3.8) is 0 Å². The number of carbonyl (C=O) groups is 1. The fourth-order valence-electron chi connectivity index (χ4n) is 2.64. The van der Waals surface area contributed by atoms with Gasteiger partial charge in [-0.1, -0.05) is 29.2 Å². The Morgan fingerprint density at radius 1 is 1.07 bits per heavy atom. The van der Waals surface area contributed by atoms with Crippen LogP contribution in [-0.2, 0) is 13.0 Å². The van der Waals surface area contributed by atoms with Gasteiger partial charge in [0.05, 0.1) is 12.4 Å². The summed E-state index contributed by atoms with van der Waals surface area (Å²) >= 11 is 0. The number of nitrogen functional groups attached to an aromatic ring is 1. The lowest BCUT2D eigenvalue weighted by Crippen LogP contribution is -2.23. The maximum absolute atomic E-state index is 12.9. The summed E-state index contributed by atoms with van der Waals surface area (Å²) in [5, 5.41) is 8.55. The molecule has 7 nitrogen and oxygen atoms in total. The predicted octanol–water partition coefficient (Wildman–Crippen LogP) is 1.97. The Balaban J connectivity index is 1.47. The van der Waals surface area contributed by atoms with E-state index in [1.165, 1.54) is 24.5 Å². The molecule has 0 aliphatic carbocycles. The van der Waals surface area contributed by atoms with Crippen molar-refractivity contribution in [2.75, 3.05) is 22.9 Å². The van der Waals surface area contributed by atoms with Gasteiger partial charge in [-0.15, -0.1) is 0 Å². The average molecular weight is 390 g/mol. The number of hydrogen-bond donors (Lipinski definition) is 4. The number of rotatable bonds is 7. The maximum atomic E-state index is 12.9. The third kappa shape index (κ3) is 6.29. The van der Waals surface area contributed by atoms with Gasteiger partial charge in [0.15, 0.2) is 5.82 Å². The summed E-state index contributed by atoms with van der Waals surface area (Å²) in [6.07, 6.45) is 3.44. The summed E-state index contributed by atoms with van der Waals surface area (Å²) in [5.74, 6) is 0.310. The molecule has 0 bridgehead atoms. The number of halogens is 1. The molecule has 0 aliphatic rings. The maximum Gasteiger partial charge on any atom is 0.324 e. The fraction of sp³-hybridized carbons (Fsp3) is 0.150. The first-order chi connectivity index (χ1) is 14.0. The molecule has 0 aliphatic heterocycles. The van der Waals surface area contributed by atoms with E-state index < -0.39 is 6.03 Å². The molecule has 1 aromatic heterocycles. The first kappa shape index (κ1) is 20.3. The van der Waals surface area contributed by atoms with E-state index in [-0.39, 0.29) is 17.5 Å². The normalized spacial score (nSPS) is 10.5. The van der Waals surface area contributed by atoms with Crippen LogP contribution in [0.4, 0.5) is 26.5 Å². The second-order valence-corrected chi connectivity index (χ2v) is 6.37. The van der Waals surface area contributed by atoms with Crippen molar-refractivity contribution in [3.05, 3.63) is 71.8 Å². The monoisotopic (exact) mass is 390 g/mol. The molecule has 0 fully saturated rings. The molecule has 29 heavy (non-hydrogen) atoms. The van der Waals surface area contributed by atoms with Gasteiger partial charge in [0.25, 0.3) is 0 Å². The Morgan fingerprint density at radius 3 is 2.55 bits per heavy atom. The molecule has 0 atom stereocenters. The number of carbonyl (C=O) groups excluding carboxylic acids is 1. The largest absolute Gasteiger partial charge is 0.382 e. The highest BCUT2D eigenvalue weighted by Crippen LogP contribution is 2.09. The van der Waals surface area contributed by atoms with E-state index in [4.69, 9.17) is 13.6 Å². The zero-order chi connectivity index (χ0) is 20.6. The van der Waals surface area contributed by atoms with Gasteiger partial charge in [0.1, 0.15) is 19.5 Å². The number of hydrogen-bond acceptors (Lipinski definition) is 5. The number of benzene rings is 2. The van der Waals surface area contributed by atoms with E-state index in [2.05, 4.69) is 25.9 Å².